The summed E-state index contributed by atoms with van der Waals surface area (Å²) in [5.41, 5.74) is 8.85. The van der Waals surface area contributed by atoms with E-state index in [0.29, 0.717) is 17.3 Å². The molecule has 0 bridgehead atoms. The number of carbonyl (C=O) groups is 1. The van der Waals surface area contributed by atoms with Gasteiger partial charge in [0.2, 0.25) is 0 Å². The maximum Gasteiger partial charge on any atom is 0.284 e. The first-order chi connectivity index (χ1) is 15.5. The van der Waals surface area contributed by atoms with Crippen LogP contribution in [0, 0.1) is 12.8 Å². The molecule has 32 heavy (non-hydrogen) atoms. The number of aromatic hydroxyl groups is 1. The van der Waals surface area contributed by atoms with Crippen LogP contribution in [0.25, 0.3) is 22.3 Å². The Bertz CT molecular complexity index is 1310. The van der Waals surface area contributed by atoms with Crippen LogP contribution in [0.2, 0.25) is 0 Å². The lowest BCUT2D eigenvalue weighted by molar-refractivity contribution is 0.0972. The van der Waals surface area contributed by atoms with Gasteiger partial charge < -0.3 is 20.2 Å². The van der Waals surface area contributed by atoms with Gasteiger partial charge in [-0.1, -0.05) is 18.2 Å². The molecule has 1 aliphatic heterocycles. The third kappa shape index (κ3) is 3.66. The van der Waals surface area contributed by atoms with Crippen molar-refractivity contribution in [1.29, 1.82) is 0 Å². The third-order valence-electron chi connectivity index (χ3n) is 6.04. The second-order valence-electron chi connectivity index (χ2n) is 8.35. The summed E-state index contributed by atoms with van der Waals surface area (Å²) in [4.78, 5) is 23.5. The van der Waals surface area contributed by atoms with Gasteiger partial charge in [-0.3, -0.25) is 4.79 Å². The van der Waals surface area contributed by atoms with E-state index in [0.717, 1.165) is 53.8 Å². The van der Waals surface area contributed by atoms with E-state index in [1.807, 2.05) is 31.2 Å². The van der Waals surface area contributed by atoms with Gasteiger partial charge in [0.1, 0.15) is 11.6 Å². The Morgan fingerprint density at radius 1 is 1.22 bits per heavy atom. The molecule has 0 aliphatic carbocycles. The molecular formula is C25H24N4O3. The first-order valence-electron chi connectivity index (χ1n) is 10.7. The molecule has 0 radical (unpaired) electrons. The summed E-state index contributed by atoms with van der Waals surface area (Å²) in [6.07, 6.45) is 3.20. The van der Waals surface area contributed by atoms with Crippen LogP contribution in [0.3, 0.4) is 0 Å². The number of aryl methyl sites for hydroxylation is 1. The van der Waals surface area contributed by atoms with E-state index in [1.165, 1.54) is 6.26 Å². The van der Waals surface area contributed by atoms with Gasteiger partial charge in [-0.05, 0) is 61.6 Å². The van der Waals surface area contributed by atoms with Crippen LogP contribution in [0.1, 0.15) is 28.1 Å². The van der Waals surface area contributed by atoms with E-state index >= 15 is 0 Å². The molecule has 4 aromatic rings. The average molecular weight is 428 g/mol. The predicted octanol–water partition coefficient (Wildman–Crippen LogP) is 4.07. The Kier molecular flexibility index (Phi) is 5.01. The topological polar surface area (TPSA) is 105 Å². The highest BCUT2D eigenvalue weighted by Crippen LogP contribution is 2.34. The van der Waals surface area contributed by atoms with Crippen molar-refractivity contribution in [3.05, 3.63) is 71.7 Å². The molecule has 5 rings (SSSR count). The molecule has 2 aromatic carbocycles. The Balaban J connectivity index is 1.50. The van der Waals surface area contributed by atoms with Crippen LogP contribution in [-0.2, 0) is 6.42 Å². The minimum absolute atomic E-state index is 0.156. The lowest BCUT2D eigenvalue weighted by atomic mass is 9.99. The average Bonchev–Trinajstić information content (AvgIpc) is 3.43. The van der Waals surface area contributed by atoms with E-state index in [9.17, 15) is 9.90 Å². The summed E-state index contributed by atoms with van der Waals surface area (Å²) < 4.78 is 5.26. The SMILES string of the molecule is Cc1ccc2c(N3CC[C@H](Cc4ccoc4C(N)=O)C3)nc(-c3ccccc3O)nc2c1. The number of carbonyl (C=O) groups excluding carboxylic acids is 1. The van der Waals surface area contributed by atoms with Crippen LogP contribution < -0.4 is 10.6 Å². The highest BCUT2D eigenvalue weighted by atomic mass is 16.3. The fourth-order valence-electron chi connectivity index (χ4n) is 4.46. The zero-order valence-electron chi connectivity index (χ0n) is 17.8. The number of phenols is 1. The summed E-state index contributed by atoms with van der Waals surface area (Å²) in [7, 11) is 0. The van der Waals surface area contributed by atoms with Crippen LogP contribution in [-0.4, -0.2) is 34.1 Å². The normalized spacial score (nSPS) is 16.0. The zero-order chi connectivity index (χ0) is 22.2. The minimum atomic E-state index is -0.538. The number of hydrogen-bond acceptors (Lipinski definition) is 6. The number of benzene rings is 2. The van der Waals surface area contributed by atoms with Crippen molar-refractivity contribution in [2.75, 3.05) is 18.0 Å². The molecule has 0 unspecified atom stereocenters. The van der Waals surface area contributed by atoms with Crippen molar-refractivity contribution in [3.63, 3.8) is 0 Å². The van der Waals surface area contributed by atoms with E-state index < -0.39 is 5.91 Å². The summed E-state index contributed by atoms with van der Waals surface area (Å²) in [6, 6.07) is 15.1. The maximum absolute atomic E-state index is 11.6. The molecular weight excluding hydrogens is 404 g/mol. The zero-order valence-corrected chi connectivity index (χ0v) is 17.8. The number of para-hydroxylation sites is 1. The van der Waals surface area contributed by atoms with Gasteiger partial charge in [0.25, 0.3) is 5.91 Å². The Morgan fingerprint density at radius 2 is 2.06 bits per heavy atom. The number of rotatable bonds is 5. The van der Waals surface area contributed by atoms with E-state index in [2.05, 4.69) is 17.0 Å². The summed E-state index contributed by atoms with van der Waals surface area (Å²) in [5.74, 6) is 1.57. The quantitative estimate of drug-likeness (QED) is 0.496. The summed E-state index contributed by atoms with van der Waals surface area (Å²) in [5, 5.41) is 11.3. The smallest absolute Gasteiger partial charge is 0.284 e. The molecule has 0 spiro atoms. The predicted molar refractivity (Wildman–Crippen MR) is 123 cm³/mol. The molecule has 3 heterocycles. The van der Waals surface area contributed by atoms with Crippen molar-refractivity contribution >= 4 is 22.6 Å². The van der Waals surface area contributed by atoms with Crippen molar-refractivity contribution in [1.82, 2.24) is 9.97 Å². The Morgan fingerprint density at radius 3 is 2.88 bits per heavy atom. The number of primary amides is 1. The number of phenolic OH excluding ortho intramolecular Hbond substituents is 1. The number of fused-ring (bicyclic) bond motifs is 1. The van der Waals surface area contributed by atoms with Crippen molar-refractivity contribution < 1.29 is 14.3 Å². The van der Waals surface area contributed by atoms with Crippen molar-refractivity contribution in [3.8, 4) is 17.1 Å². The molecule has 1 fully saturated rings. The van der Waals surface area contributed by atoms with Crippen molar-refractivity contribution in [2.24, 2.45) is 11.7 Å². The van der Waals surface area contributed by atoms with E-state index in [-0.39, 0.29) is 11.5 Å². The molecule has 162 valence electrons. The van der Waals surface area contributed by atoms with Crippen molar-refractivity contribution in [2.45, 2.75) is 19.8 Å². The molecule has 1 saturated heterocycles. The third-order valence-corrected chi connectivity index (χ3v) is 6.04. The molecule has 1 atom stereocenters. The second-order valence-corrected chi connectivity index (χ2v) is 8.35. The summed E-state index contributed by atoms with van der Waals surface area (Å²) >= 11 is 0. The second kappa shape index (κ2) is 8.00. The largest absolute Gasteiger partial charge is 0.507 e. The van der Waals surface area contributed by atoms with Gasteiger partial charge in [0.15, 0.2) is 11.6 Å². The minimum Gasteiger partial charge on any atom is -0.507 e. The number of anilines is 1. The highest BCUT2D eigenvalue weighted by Gasteiger charge is 2.28. The fraction of sp³-hybridized carbons (Fsp3) is 0.240. The molecule has 7 nitrogen and oxygen atoms in total. The maximum atomic E-state index is 11.6. The van der Waals surface area contributed by atoms with Crippen LogP contribution in [0.5, 0.6) is 5.75 Å². The Hall–Kier alpha value is -3.87. The Labute approximate surface area is 185 Å². The van der Waals surface area contributed by atoms with Crippen LogP contribution in [0.15, 0.2) is 59.2 Å². The van der Waals surface area contributed by atoms with Gasteiger partial charge in [-0.2, -0.15) is 0 Å². The van der Waals surface area contributed by atoms with E-state index in [1.54, 1.807) is 12.1 Å². The number of hydrogen-bond donors (Lipinski definition) is 2. The lowest BCUT2D eigenvalue weighted by Crippen LogP contribution is -2.22. The number of nitrogens with two attached hydrogens (primary N) is 1. The number of nitrogens with zero attached hydrogens (tertiary/aromatic N) is 3. The molecule has 0 saturated carbocycles. The first-order valence-corrected chi connectivity index (χ1v) is 10.7. The molecule has 1 aliphatic rings. The van der Waals surface area contributed by atoms with Crippen LogP contribution >= 0.6 is 0 Å². The molecule has 2 aromatic heterocycles. The number of aromatic nitrogens is 2. The van der Waals surface area contributed by atoms with Gasteiger partial charge in [0.05, 0.1) is 17.3 Å². The summed E-state index contributed by atoms with van der Waals surface area (Å²) in [6.45, 7) is 3.67. The van der Waals surface area contributed by atoms with Crippen LogP contribution in [0.4, 0.5) is 5.82 Å². The number of furan rings is 1. The molecule has 1 amide bonds. The standard InChI is InChI=1S/C25H24N4O3/c1-15-6-7-18-20(12-15)27-24(19-4-2-3-5-21(19)30)28-25(18)29-10-8-16(14-29)13-17-9-11-32-22(17)23(26)31/h2-7,9,11-12,16,30H,8,10,13-14H2,1H3,(H2,26,31)/t16-/m1/s1. The van der Waals surface area contributed by atoms with Gasteiger partial charge in [0, 0.05) is 24.0 Å². The lowest BCUT2D eigenvalue weighted by Gasteiger charge is -2.21. The van der Waals surface area contributed by atoms with E-state index in [4.69, 9.17) is 20.1 Å². The number of amides is 1. The van der Waals surface area contributed by atoms with Gasteiger partial charge in [-0.15, -0.1) is 0 Å². The highest BCUT2D eigenvalue weighted by molar-refractivity contribution is 5.92. The monoisotopic (exact) mass is 428 g/mol. The first kappa shape index (κ1) is 20.1. The molecule has 7 heteroatoms. The fourth-order valence-corrected chi connectivity index (χ4v) is 4.46. The van der Waals surface area contributed by atoms with Gasteiger partial charge in [-0.25, -0.2) is 9.97 Å². The van der Waals surface area contributed by atoms with Gasteiger partial charge >= 0.3 is 0 Å². The molecule has 3 N–H and O–H groups in total.